The van der Waals surface area contributed by atoms with Gasteiger partial charge in [-0.1, -0.05) is 71.7 Å². The van der Waals surface area contributed by atoms with Gasteiger partial charge >= 0.3 is 0 Å². The molecule has 8 rings (SSSR count). The molecule has 0 unspecified atom stereocenters. The number of amides is 2. The molecule has 14 heteroatoms. The van der Waals surface area contributed by atoms with E-state index in [9.17, 15) is 9.59 Å². The zero-order valence-electron chi connectivity index (χ0n) is 30.2. The second kappa shape index (κ2) is 14.4. The van der Waals surface area contributed by atoms with E-state index in [2.05, 4.69) is 9.80 Å². The molecule has 282 valence electrons. The summed E-state index contributed by atoms with van der Waals surface area (Å²) in [5, 5.41) is 19.3. The zero-order valence-corrected chi connectivity index (χ0v) is 31.7. The lowest BCUT2D eigenvalue weighted by Crippen LogP contribution is -2.72. The van der Waals surface area contributed by atoms with Crippen LogP contribution in [0.15, 0.2) is 60.7 Å². The molecule has 0 saturated carbocycles. The number of methoxy groups -OCH3 is 2. The smallest absolute Gasteiger partial charge is 0.248 e. The van der Waals surface area contributed by atoms with Crippen LogP contribution in [0.3, 0.4) is 0 Å². The Labute approximate surface area is 323 Å². The first kappa shape index (κ1) is 36.7. The minimum atomic E-state index is -0.440. The summed E-state index contributed by atoms with van der Waals surface area (Å²) in [4.78, 5) is 41.3. The fourth-order valence-corrected chi connectivity index (χ4v) is 9.35. The first-order valence-corrected chi connectivity index (χ1v) is 18.7. The van der Waals surface area contributed by atoms with Crippen molar-refractivity contribution in [2.45, 2.75) is 13.1 Å². The number of likely N-dealkylation sites (tertiary alicyclic amines) is 4. The normalized spacial score (nSPS) is 18.5. The molecular formula is C40H42Cl2N6O6. The van der Waals surface area contributed by atoms with E-state index in [1.807, 2.05) is 60.7 Å². The Morgan fingerprint density at radius 2 is 0.981 bits per heavy atom. The van der Waals surface area contributed by atoms with Crippen LogP contribution < -0.4 is 9.47 Å². The predicted molar refractivity (Wildman–Crippen MR) is 204 cm³/mol. The molecule has 2 aromatic heterocycles. The summed E-state index contributed by atoms with van der Waals surface area (Å²) in [6, 6.07) is 19.6. The number of nitrogens with zero attached hydrogens (tertiary/aromatic N) is 6. The number of halogens is 2. The van der Waals surface area contributed by atoms with E-state index in [1.165, 1.54) is 0 Å². The average Bonchev–Trinajstić information content (AvgIpc) is 3.12. The highest BCUT2D eigenvalue weighted by Gasteiger charge is 2.53. The van der Waals surface area contributed by atoms with E-state index < -0.39 is 13.2 Å². The van der Waals surface area contributed by atoms with Crippen molar-refractivity contribution in [3.63, 3.8) is 0 Å². The topological polar surface area (TPSA) is 132 Å². The molecule has 0 atom stereocenters. The number of aliphatic hydroxyl groups excluding tert-OH is 2. The van der Waals surface area contributed by atoms with Crippen LogP contribution in [0.4, 0.5) is 0 Å². The van der Waals surface area contributed by atoms with Crippen molar-refractivity contribution in [3.8, 4) is 45.4 Å². The van der Waals surface area contributed by atoms with E-state index in [4.69, 9.17) is 52.9 Å². The third-order valence-electron chi connectivity index (χ3n) is 11.2. The van der Waals surface area contributed by atoms with Crippen LogP contribution in [0.2, 0.25) is 10.0 Å². The summed E-state index contributed by atoms with van der Waals surface area (Å²) in [6.45, 7) is 6.74. The molecule has 4 aliphatic heterocycles. The third-order valence-corrected chi connectivity index (χ3v) is 12.0. The molecule has 2 N–H and O–H groups in total. The van der Waals surface area contributed by atoms with Crippen LogP contribution in [0.25, 0.3) is 33.6 Å². The fraction of sp³-hybridized carbons (Fsp3) is 0.400. The Kier molecular flexibility index (Phi) is 9.78. The molecule has 12 nitrogen and oxygen atoms in total. The maximum absolute atomic E-state index is 11.8. The van der Waals surface area contributed by atoms with E-state index in [0.717, 1.165) is 59.6 Å². The lowest BCUT2D eigenvalue weighted by atomic mass is 9.72. The van der Waals surface area contributed by atoms with Gasteiger partial charge in [-0.2, -0.15) is 0 Å². The van der Waals surface area contributed by atoms with E-state index >= 15 is 0 Å². The SMILES string of the molecule is COc1nc(-c2cccc(-c3cccc(-c4ccc(CN5CC6(C5)CN(C(=O)CO)C6)c(OC)n4)c3Cl)c2Cl)ccc1CN1CC2(C1)CN(C(=O)CO)C2. The molecule has 0 radical (unpaired) electrons. The van der Waals surface area contributed by atoms with Crippen molar-refractivity contribution in [3.05, 3.63) is 81.8 Å². The second-order valence-electron chi connectivity index (χ2n) is 15.2. The molecule has 0 bridgehead atoms. The van der Waals surface area contributed by atoms with Gasteiger partial charge in [0.25, 0.3) is 0 Å². The maximum Gasteiger partial charge on any atom is 0.248 e. The molecule has 4 fully saturated rings. The number of ether oxygens (including phenoxy) is 2. The van der Waals surface area contributed by atoms with E-state index in [0.29, 0.717) is 72.5 Å². The predicted octanol–water partition coefficient (Wildman–Crippen LogP) is 4.07. The second-order valence-corrected chi connectivity index (χ2v) is 15.9. The van der Waals surface area contributed by atoms with Crippen LogP contribution >= 0.6 is 23.2 Å². The first-order valence-electron chi connectivity index (χ1n) is 17.9. The van der Waals surface area contributed by atoms with Crippen LogP contribution in [0.1, 0.15) is 11.1 Å². The number of hydrogen-bond donors (Lipinski definition) is 2. The highest BCUT2D eigenvalue weighted by atomic mass is 35.5. The van der Waals surface area contributed by atoms with Gasteiger partial charge in [-0.25, -0.2) is 9.97 Å². The third kappa shape index (κ3) is 6.58. The lowest BCUT2D eigenvalue weighted by Gasteiger charge is -2.60. The first-order chi connectivity index (χ1) is 26.1. The monoisotopic (exact) mass is 772 g/mol. The van der Waals surface area contributed by atoms with Crippen molar-refractivity contribution < 1.29 is 29.3 Å². The number of hydrogen-bond acceptors (Lipinski definition) is 10. The molecule has 6 heterocycles. The summed E-state index contributed by atoms with van der Waals surface area (Å²) in [6.07, 6.45) is 0. The summed E-state index contributed by atoms with van der Waals surface area (Å²) >= 11 is 14.3. The minimum absolute atomic E-state index is 0.119. The molecule has 4 saturated heterocycles. The number of carbonyl (C=O) groups excluding carboxylic acids is 2. The molecular weight excluding hydrogens is 731 g/mol. The average molecular weight is 774 g/mol. The van der Waals surface area contributed by atoms with E-state index in [-0.39, 0.29) is 22.6 Å². The number of benzene rings is 2. The van der Waals surface area contributed by atoms with Crippen molar-refractivity contribution >= 4 is 35.0 Å². The van der Waals surface area contributed by atoms with Crippen molar-refractivity contribution in [2.24, 2.45) is 10.8 Å². The maximum atomic E-state index is 11.8. The standard InChI is InChI=1S/C40H42Cl2N6O6/c1-53-37-25(13-45-17-39(18-45)21-47(22-39)33(51)15-49)9-11-31(43-37)29-7-3-5-27(35(29)41)28-6-4-8-30(36(28)42)32-12-10-26(38(44-32)54-2)14-46-19-40(20-46)23-48(24-40)34(52)16-50/h3-12,49-50H,13-24H2,1-2H3. The Bertz CT molecular complexity index is 1960. The number of rotatable bonds is 11. The summed E-state index contributed by atoms with van der Waals surface area (Å²) in [5.74, 6) is 0.637. The van der Waals surface area contributed by atoms with Gasteiger partial charge in [0.1, 0.15) is 13.2 Å². The highest BCUT2D eigenvalue weighted by Crippen LogP contribution is 2.45. The van der Waals surface area contributed by atoms with Gasteiger partial charge in [-0.15, -0.1) is 0 Å². The van der Waals surface area contributed by atoms with Crippen LogP contribution in [-0.2, 0) is 22.7 Å². The highest BCUT2D eigenvalue weighted by molar-refractivity contribution is 6.39. The minimum Gasteiger partial charge on any atom is -0.481 e. The molecule has 4 aromatic rings. The molecule has 2 amide bonds. The van der Waals surface area contributed by atoms with Gasteiger partial charge in [0, 0.05) is 110 Å². The van der Waals surface area contributed by atoms with Crippen molar-refractivity contribution in [2.75, 3.05) is 79.8 Å². The van der Waals surface area contributed by atoms with Gasteiger partial charge < -0.3 is 29.5 Å². The zero-order chi connectivity index (χ0) is 37.8. The number of carbonyl (C=O) groups is 2. The Balaban J connectivity index is 0.963. The molecule has 54 heavy (non-hydrogen) atoms. The Morgan fingerprint density at radius 3 is 1.33 bits per heavy atom. The van der Waals surface area contributed by atoms with Crippen LogP contribution in [0.5, 0.6) is 11.8 Å². The largest absolute Gasteiger partial charge is 0.481 e. The molecule has 2 spiro atoms. The van der Waals surface area contributed by atoms with Gasteiger partial charge in [-0.3, -0.25) is 19.4 Å². The summed E-state index contributed by atoms with van der Waals surface area (Å²) in [7, 11) is 3.23. The Morgan fingerprint density at radius 1 is 0.611 bits per heavy atom. The van der Waals surface area contributed by atoms with Crippen LogP contribution in [-0.4, -0.2) is 131 Å². The molecule has 4 aliphatic rings. The number of aromatic nitrogens is 2. The molecule has 0 aliphatic carbocycles. The van der Waals surface area contributed by atoms with Gasteiger partial charge in [-0.05, 0) is 12.1 Å². The molecule has 2 aromatic carbocycles. The summed E-state index contributed by atoms with van der Waals surface area (Å²) in [5.41, 5.74) is 6.54. The van der Waals surface area contributed by atoms with Gasteiger partial charge in [0.05, 0.1) is 35.7 Å². The quantitative estimate of drug-likeness (QED) is 0.230. The van der Waals surface area contributed by atoms with Crippen molar-refractivity contribution in [1.29, 1.82) is 0 Å². The van der Waals surface area contributed by atoms with Crippen LogP contribution in [0, 0.1) is 10.8 Å². The Hall–Kier alpha value is -4.30. The fourth-order valence-electron chi connectivity index (χ4n) is 8.70. The summed E-state index contributed by atoms with van der Waals surface area (Å²) < 4.78 is 11.5. The van der Waals surface area contributed by atoms with Gasteiger partial charge in [0.15, 0.2) is 0 Å². The lowest BCUT2D eigenvalue weighted by molar-refractivity contribution is -0.162. The number of aliphatic hydroxyl groups is 2. The van der Waals surface area contributed by atoms with Gasteiger partial charge in [0.2, 0.25) is 23.6 Å². The van der Waals surface area contributed by atoms with E-state index in [1.54, 1.807) is 24.0 Å². The number of pyridine rings is 2. The van der Waals surface area contributed by atoms with Crippen molar-refractivity contribution in [1.82, 2.24) is 29.6 Å².